The van der Waals surface area contributed by atoms with Crippen LogP contribution in [0.3, 0.4) is 0 Å². The molecule has 1 atom stereocenters. The smallest absolute Gasteiger partial charge is 0.296 e. The first kappa shape index (κ1) is 22.7. The van der Waals surface area contributed by atoms with Crippen LogP contribution in [0.5, 0.6) is 11.5 Å². The molecule has 5 rings (SSSR count). The third-order valence-electron chi connectivity index (χ3n) is 5.68. The summed E-state index contributed by atoms with van der Waals surface area (Å²) in [4.78, 5) is 32.5. The Balaban J connectivity index is 1.63. The molecule has 0 saturated heterocycles. The van der Waals surface area contributed by atoms with Crippen molar-refractivity contribution in [2.24, 2.45) is 0 Å². The Morgan fingerprint density at radius 1 is 1.23 bits per heavy atom. The number of aliphatic hydroxyl groups excluding tert-OH is 1. The molecule has 35 heavy (non-hydrogen) atoms. The van der Waals surface area contributed by atoms with Gasteiger partial charge in [0, 0.05) is 17.0 Å². The zero-order valence-corrected chi connectivity index (χ0v) is 19.9. The van der Waals surface area contributed by atoms with Crippen LogP contribution in [0.1, 0.15) is 35.5 Å². The van der Waals surface area contributed by atoms with E-state index in [0.717, 1.165) is 6.42 Å². The molecular weight excluding hydrogens is 468 g/mol. The Morgan fingerprint density at radius 3 is 2.80 bits per heavy atom. The van der Waals surface area contributed by atoms with Crippen LogP contribution in [-0.2, 0) is 4.79 Å². The number of carbonyl (C=O) groups is 2. The van der Waals surface area contributed by atoms with E-state index in [2.05, 4.69) is 4.98 Å². The number of benzene rings is 2. The second kappa shape index (κ2) is 9.27. The number of amides is 1. The van der Waals surface area contributed by atoms with E-state index >= 15 is 0 Å². The molecule has 8 nitrogen and oxygen atoms in total. The molecule has 1 N–H and O–H groups in total. The number of hydrogen-bond acceptors (Lipinski definition) is 8. The molecule has 0 spiro atoms. The van der Waals surface area contributed by atoms with E-state index in [0.29, 0.717) is 39.8 Å². The SMILES string of the molecule is CCCOc1cccc(C2C(C(=O)c3cc4cccc(OC)c4o3)=C(O)C(=O)N2c2nccs2)c1. The quantitative estimate of drug-likeness (QED) is 0.327. The van der Waals surface area contributed by atoms with Crippen molar-refractivity contribution in [3.63, 3.8) is 0 Å². The van der Waals surface area contributed by atoms with Crippen LogP contribution in [0.2, 0.25) is 0 Å². The highest BCUT2D eigenvalue weighted by molar-refractivity contribution is 7.13. The molecule has 0 saturated carbocycles. The number of carbonyl (C=O) groups excluding carboxylic acids is 2. The van der Waals surface area contributed by atoms with E-state index in [1.807, 2.05) is 6.92 Å². The van der Waals surface area contributed by atoms with Crippen LogP contribution in [0.15, 0.2) is 75.9 Å². The average Bonchev–Trinajstić information content (AvgIpc) is 3.61. The van der Waals surface area contributed by atoms with Crippen LogP contribution >= 0.6 is 11.3 Å². The van der Waals surface area contributed by atoms with Crippen molar-refractivity contribution < 1.29 is 28.6 Å². The fourth-order valence-electron chi connectivity index (χ4n) is 4.12. The van der Waals surface area contributed by atoms with Crippen molar-refractivity contribution in [3.05, 3.63) is 82.8 Å². The predicted molar refractivity (Wildman–Crippen MR) is 131 cm³/mol. The van der Waals surface area contributed by atoms with Gasteiger partial charge in [-0.1, -0.05) is 31.2 Å². The molecule has 3 heterocycles. The maximum Gasteiger partial charge on any atom is 0.296 e. The van der Waals surface area contributed by atoms with Gasteiger partial charge in [0.1, 0.15) is 5.75 Å². The van der Waals surface area contributed by atoms with Crippen LogP contribution in [-0.4, -0.2) is 35.5 Å². The molecule has 1 aliphatic rings. The summed E-state index contributed by atoms with van der Waals surface area (Å²) in [6, 6.07) is 13.1. The lowest BCUT2D eigenvalue weighted by atomic mass is 9.95. The molecule has 2 aromatic heterocycles. The summed E-state index contributed by atoms with van der Waals surface area (Å²) in [7, 11) is 1.51. The number of aromatic nitrogens is 1. The Hall–Kier alpha value is -4.11. The van der Waals surface area contributed by atoms with E-state index in [-0.39, 0.29) is 11.3 Å². The highest BCUT2D eigenvalue weighted by atomic mass is 32.1. The number of anilines is 1. The number of ether oxygens (including phenoxy) is 2. The van der Waals surface area contributed by atoms with Crippen molar-refractivity contribution in [2.75, 3.05) is 18.6 Å². The maximum absolute atomic E-state index is 13.7. The standard InChI is InChI=1S/C26H22N2O6S/c1-3-11-33-17-8-4-6-15(13-17)21-20(23(30)25(31)28(21)26-27-10-12-35-26)22(29)19-14-16-7-5-9-18(32-2)24(16)34-19/h4-10,12-14,21,30H,3,11H2,1-2H3. The van der Waals surface area contributed by atoms with E-state index in [1.54, 1.807) is 60.1 Å². The minimum atomic E-state index is -0.915. The lowest BCUT2D eigenvalue weighted by Gasteiger charge is -2.24. The van der Waals surface area contributed by atoms with Crippen molar-refractivity contribution in [2.45, 2.75) is 19.4 Å². The third kappa shape index (κ3) is 3.93. The Labute approximate surface area is 205 Å². The molecule has 1 unspecified atom stereocenters. The molecule has 178 valence electrons. The van der Waals surface area contributed by atoms with E-state index in [4.69, 9.17) is 13.9 Å². The molecule has 1 aliphatic heterocycles. The number of aliphatic hydroxyl groups is 1. The first-order valence-corrected chi connectivity index (χ1v) is 11.9. The molecule has 0 bridgehead atoms. The van der Waals surface area contributed by atoms with Crippen molar-refractivity contribution in [1.29, 1.82) is 0 Å². The predicted octanol–water partition coefficient (Wildman–Crippen LogP) is 5.47. The van der Waals surface area contributed by atoms with Gasteiger partial charge in [-0.2, -0.15) is 0 Å². The minimum Gasteiger partial charge on any atom is -0.503 e. The van der Waals surface area contributed by atoms with E-state index in [1.165, 1.54) is 23.3 Å². The lowest BCUT2D eigenvalue weighted by molar-refractivity contribution is -0.117. The van der Waals surface area contributed by atoms with Crippen molar-refractivity contribution >= 4 is 39.1 Å². The minimum absolute atomic E-state index is 0.0109. The number of nitrogens with zero attached hydrogens (tertiary/aromatic N) is 2. The molecule has 4 aromatic rings. The zero-order valence-electron chi connectivity index (χ0n) is 19.1. The van der Waals surface area contributed by atoms with E-state index < -0.39 is 23.5 Å². The molecule has 1 amide bonds. The van der Waals surface area contributed by atoms with Crippen LogP contribution < -0.4 is 14.4 Å². The van der Waals surface area contributed by atoms with Gasteiger partial charge < -0.3 is 19.0 Å². The Morgan fingerprint density at radius 2 is 2.06 bits per heavy atom. The Kier molecular flexibility index (Phi) is 6.00. The number of fused-ring (bicyclic) bond motifs is 1. The van der Waals surface area contributed by atoms with Gasteiger partial charge in [-0.25, -0.2) is 4.98 Å². The van der Waals surface area contributed by atoms with Crippen LogP contribution in [0.25, 0.3) is 11.0 Å². The van der Waals surface area contributed by atoms with Gasteiger partial charge in [-0.05, 0) is 36.2 Å². The topological polar surface area (TPSA) is 102 Å². The number of rotatable bonds is 8. The van der Waals surface area contributed by atoms with Crippen molar-refractivity contribution in [1.82, 2.24) is 4.98 Å². The Bertz CT molecular complexity index is 1440. The fourth-order valence-corrected chi connectivity index (χ4v) is 4.79. The number of Topliss-reactive ketones (excluding diaryl/α,β-unsaturated/α-hetero) is 1. The van der Waals surface area contributed by atoms with Gasteiger partial charge in [0.15, 0.2) is 28.0 Å². The summed E-state index contributed by atoms with van der Waals surface area (Å²) >= 11 is 1.23. The molecule has 0 radical (unpaired) electrons. The molecular formula is C26H22N2O6S. The van der Waals surface area contributed by atoms with Gasteiger partial charge in [0.25, 0.3) is 5.91 Å². The first-order chi connectivity index (χ1) is 17.0. The number of thiazole rings is 1. The first-order valence-electron chi connectivity index (χ1n) is 11.0. The molecule has 9 heteroatoms. The largest absolute Gasteiger partial charge is 0.503 e. The normalized spacial score (nSPS) is 15.8. The highest BCUT2D eigenvalue weighted by Crippen LogP contribution is 2.43. The highest BCUT2D eigenvalue weighted by Gasteiger charge is 2.46. The number of hydrogen-bond donors (Lipinski definition) is 1. The van der Waals surface area contributed by atoms with Gasteiger partial charge in [-0.15, -0.1) is 11.3 Å². The van der Waals surface area contributed by atoms with Gasteiger partial charge >= 0.3 is 0 Å². The lowest BCUT2D eigenvalue weighted by Crippen LogP contribution is -2.30. The van der Waals surface area contributed by atoms with Gasteiger partial charge in [-0.3, -0.25) is 14.5 Å². The molecule has 0 aliphatic carbocycles. The number of para-hydroxylation sites is 1. The molecule has 0 fully saturated rings. The van der Waals surface area contributed by atoms with Crippen LogP contribution in [0, 0.1) is 0 Å². The summed E-state index contributed by atoms with van der Waals surface area (Å²) in [5.41, 5.74) is 0.921. The van der Waals surface area contributed by atoms with Crippen LogP contribution in [0.4, 0.5) is 5.13 Å². The summed E-state index contributed by atoms with van der Waals surface area (Å²) < 4.78 is 17.0. The molecule has 2 aromatic carbocycles. The average molecular weight is 491 g/mol. The number of methoxy groups -OCH3 is 1. The number of furan rings is 1. The zero-order chi connectivity index (χ0) is 24.5. The van der Waals surface area contributed by atoms with Crippen molar-refractivity contribution in [3.8, 4) is 11.5 Å². The van der Waals surface area contributed by atoms with Gasteiger partial charge in [0.05, 0.1) is 25.3 Å². The second-order valence-electron chi connectivity index (χ2n) is 7.89. The number of ketones is 1. The summed E-state index contributed by atoms with van der Waals surface area (Å²) in [6.45, 7) is 2.53. The monoisotopic (exact) mass is 490 g/mol. The second-order valence-corrected chi connectivity index (χ2v) is 8.77. The van der Waals surface area contributed by atoms with Gasteiger partial charge in [0.2, 0.25) is 5.78 Å². The fraction of sp³-hybridized carbons (Fsp3) is 0.192. The van der Waals surface area contributed by atoms with E-state index in [9.17, 15) is 14.7 Å². The summed E-state index contributed by atoms with van der Waals surface area (Å²) in [6.07, 6.45) is 2.39. The maximum atomic E-state index is 13.7. The summed E-state index contributed by atoms with van der Waals surface area (Å²) in [5, 5.41) is 13.7. The third-order valence-corrected chi connectivity index (χ3v) is 6.45. The summed E-state index contributed by atoms with van der Waals surface area (Å²) in [5.74, 6) is -0.878.